The molecule has 0 saturated heterocycles. The van der Waals surface area contributed by atoms with E-state index in [9.17, 15) is 5.11 Å². The summed E-state index contributed by atoms with van der Waals surface area (Å²) in [7, 11) is 3.78. The van der Waals surface area contributed by atoms with Crippen molar-refractivity contribution in [3.8, 4) is 5.75 Å². The van der Waals surface area contributed by atoms with Crippen LogP contribution in [0.1, 0.15) is 31.4 Å². The highest BCUT2D eigenvalue weighted by atomic mass is 16.5. The van der Waals surface area contributed by atoms with Crippen molar-refractivity contribution in [1.82, 2.24) is 0 Å². The molecule has 1 aliphatic rings. The minimum Gasteiger partial charge on any atom is -0.496 e. The number of methoxy groups -OCH3 is 1. The molecule has 17 heavy (non-hydrogen) atoms. The maximum absolute atomic E-state index is 10.2. The highest BCUT2D eigenvalue weighted by Crippen LogP contribution is 2.40. The number of benzene rings is 1. The first kappa shape index (κ1) is 12.2. The van der Waals surface area contributed by atoms with Gasteiger partial charge in [0, 0.05) is 30.4 Å². The van der Waals surface area contributed by atoms with Gasteiger partial charge in [-0.05, 0) is 32.8 Å². The van der Waals surface area contributed by atoms with E-state index in [0.29, 0.717) is 0 Å². The Labute approximate surface area is 103 Å². The molecule has 0 radical (unpaired) electrons. The molecule has 0 atom stereocenters. The predicted octanol–water partition coefficient (Wildman–Crippen LogP) is 2.30. The van der Waals surface area contributed by atoms with E-state index < -0.39 is 5.60 Å². The fourth-order valence-corrected chi connectivity index (χ4v) is 2.55. The monoisotopic (exact) mass is 235 g/mol. The first-order valence-corrected chi connectivity index (χ1v) is 6.09. The topological polar surface area (TPSA) is 32.7 Å². The van der Waals surface area contributed by atoms with Crippen molar-refractivity contribution in [2.45, 2.75) is 32.3 Å². The van der Waals surface area contributed by atoms with Crippen LogP contribution in [-0.4, -0.2) is 25.8 Å². The lowest BCUT2D eigenvalue weighted by Gasteiger charge is -2.31. The lowest BCUT2D eigenvalue weighted by molar-refractivity contribution is 0.0755. The van der Waals surface area contributed by atoms with Gasteiger partial charge in [0.1, 0.15) is 5.75 Å². The van der Waals surface area contributed by atoms with Crippen LogP contribution in [0.3, 0.4) is 0 Å². The SMILES string of the molecule is COc1c(C(C)(C)O)ccc2c1CCCN2C. The van der Waals surface area contributed by atoms with E-state index in [-0.39, 0.29) is 0 Å². The molecule has 0 amide bonds. The Kier molecular flexibility index (Phi) is 3.04. The second-order valence-electron chi connectivity index (χ2n) is 5.23. The van der Waals surface area contributed by atoms with Gasteiger partial charge >= 0.3 is 0 Å². The molecule has 3 nitrogen and oxygen atoms in total. The molecule has 0 saturated carbocycles. The Hall–Kier alpha value is -1.22. The van der Waals surface area contributed by atoms with Gasteiger partial charge in [0.25, 0.3) is 0 Å². The van der Waals surface area contributed by atoms with E-state index in [2.05, 4.69) is 18.0 Å². The summed E-state index contributed by atoms with van der Waals surface area (Å²) in [5, 5.41) is 10.2. The van der Waals surface area contributed by atoms with E-state index >= 15 is 0 Å². The molecule has 0 spiro atoms. The van der Waals surface area contributed by atoms with Crippen LogP contribution in [0.15, 0.2) is 12.1 Å². The number of ether oxygens (including phenoxy) is 1. The Morgan fingerprint density at radius 2 is 2.06 bits per heavy atom. The molecule has 0 aliphatic carbocycles. The summed E-state index contributed by atoms with van der Waals surface area (Å²) < 4.78 is 5.53. The van der Waals surface area contributed by atoms with Gasteiger partial charge < -0.3 is 14.7 Å². The normalized spacial score (nSPS) is 15.7. The van der Waals surface area contributed by atoms with Gasteiger partial charge in [0.15, 0.2) is 0 Å². The molecule has 0 bridgehead atoms. The summed E-state index contributed by atoms with van der Waals surface area (Å²) in [6.45, 7) is 4.67. The van der Waals surface area contributed by atoms with Crippen molar-refractivity contribution in [2.75, 3.05) is 25.6 Å². The molecule has 2 rings (SSSR count). The predicted molar refractivity (Wildman–Crippen MR) is 69.8 cm³/mol. The first-order valence-electron chi connectivity index (χ1n) is 6.09. The van der Waals surface area contributed by atoms with Gasteiger partial charge in [0.2, 0.25) is 0 Å². The zero-order valence-corrected chi connectivity index (χ0v) is 11.1. The van der Waals surface area contributed by atoms with Crippen LogP contribution in [0.5, 0.6) is 5.75 Å². The number of rotatable bonds is 2. The second kappa shape index (κ2) is 4.22. The maximum atomic E-state index is 10.2. The average Bonchev–Trinajstić information content (AvgIpc) is 2.26. The number of nitrogens with zero attached hydrogens (tertiary/aromatic N) is 1. The number of hydrogen-bond acceptors (Lipinski definition) is 3. The van der Waals surface area contributed by atoms with E-state index in [1.54, 1.807) is 21.0 Å². The molecule has 1 aliphatic heterocycles. The van der Waals surface area contributed by atoms with Crippen LogP contribution < -0.4 is 9.64 Å². The molecule has 1 N–H and O–H groups in total. The van der Waals surface area contributed by atoms with Crippen LogP contribution in [0.4, 0.5) is 5.69 Å². The third-order valence-electron chi connectivity index (χ3n) is 3.43. The van der Waals surface area contributed by atoms with Crippen LogP contribution in [-0.2, 0) is 12.0 Å². The Morgan fingerprint density at radius 1 is 1.35 bits per heavy atom. The molecular weight excluding hydrogens is 214 g/mol. The van der Waals surface area contributed by atoms with Crippen molar-refractivity contribution in [1.29, 1.82) is 0 Å². The zero-order chi connectivity index (χ0) is 12.6. The smallest absolute Gasteiger partial charge is 0.130 e. The van der Waals surface area contributed by atoms with E-state index in [0.717, 1.165) is 30.7 Å². The molecule has 1 aromatic rings. The maximum Gasteiger partial charge on any atom is 0.130 e. The fourth-order valence-electron chi connectivity index (χ4n) is 2.55. The summed E-state index contributed by atoms with van der Waals surface area (Å²) in [4.78, 5) is 2.25. The van der Waals surface area contributed by atoms with Crippen LogP contribution >= 0.6 is 0 Å². The number of aliphatic hydroxyl groups is 1. The van der Waals surface area contributed by atoms with Crippen LogP contribution in [0, 0.1) is 0 Å². The lowest BCUT2D eigenvalue weighted by atomic mass is 9.91. The molecular formula is C14H21NO2. The first-order chi connectivity index (χ1) is 7.95. The molecule has 1 aromatic carbocycles. The summed E-state index contributed by atoms with van der Waals surface area (Å²) in [5.74, 6) is 0.849. The summed E-state index contributed by atoms with van der Waals surface area (Å²) in [5.41, 5.74) is 2.45. The highest BCUT2D eigenvalue weighted by molar-refractivity contribution is 5.64. The molecule has 1 heterocycles. The molecule has 0 aromatic heterocycles. The van der Waals surface area contributed by atoms with E-state index in [4.69, 9.17) is 4.74 Å². The van der Waals surface area contributed by atoms with Crippen LogP contribution in [0.2, 0.25) is 0 Å². The third kappa shape index (κ3) is 2.12. The van der Waals surface area contributed by atoms with Gasteiger partial charge in [-0.2, -0.15) is 0 Å². The Balaban J connectivity index is 2.60. The molecule has 0 fully saturated rings. The molecule has 94 valence electrons. The lowest BCUT2D eigenvalue weighted by Crippen LogP contribution is -2.26. The fraction of sp³-hybridized carbons (Fsp3) is 0.571. The standard InChI is InChI=1S/C14H21NO2/c1-14(2,16)11-7-8-12-10(13(11)17-4)6-5-9-15(12)3/h7-8,16H,5-6,9H2,1-4H3. The average molecular weight is 235 g/mol. The number of hydrogen-bond donors (Lipinski definition) is 1. The number of anilines is 1. The van der Waals surface area contributed by atoms with Crippen molar-refractivity contribution < 1.29 is 9.84 Å². The van der Waals surface area contributed by atoms with Gasteiger partial charge in [0.05, 0.1) is 12.7 Å². The summed E-state index contributed by atoms with van der Waals surface area (Å²) >= 11 is 0. The minimum absolute atomic E-state index is 0.849. The quantitative estimate of drug-likeness (QED) is 0.853. The Bertz CT molecular complexity index is 421. The van der Waals surface area contributed by atoms with Gasteiger partial charge in [-0.3, -0.25) is 0 Å². The zero-order valence-electron chi connectivity index (χ0n) is 11.1. The van der Waals surface area contributed by atoms with Crippen molar-refractivity contribution in [3.63, 3.8) is 0 Å². The van der Waals surface area contributed by atoms with Crippen molar-refractivity contribution in [3.05, 3.63) is 23.3 Å². The molecule has 0 unspecified atom stereocenters. The van der Waals surface area contributed by atoms with E-state index in [1.165, 1.54) is 11.3 Å². The van der Waals surface area contributed by atoms with Gasteiger partial charge in [-0.15, -0.1) is 0 Å². The minimum atomic E-state index is -0.865. The third-order valence-corrected chi connectivity index (χ3v) is 3.43. The van der Waals surface area contributed by atoms with Crippen molar-refractivity contribution >= 4 is 5.69 Å². The molecule has 3 heteroatoms. The summed E-state index contributed by atoms with van der Waals surface area (Å²) in [6, 6.07) is 4.06. The van der Waals surface area contributed by atoms with Crippen LogP contribution in [0.25, 0.3) is 0 Å². The van der Waals surface area contributed by atoms with Gasteiger partial charge in [-0.1, -0.05) is 6.07 Å². The van der Waals surface area contributed by atoms with Gasteiger partial charge in [-0.25, -0.2) is 0 Å². The Morgan fingerprint density at radius 3 is 2.65 bits per heavy atom. The number of fused-ring (bicyclic) bond motifs is 1. The van der Waals surface area contributed by atoms with E-state index in [1.807, 2.05) is 6.07 Å². The highest BCUT2D eigenvalue weighted by Gasteiger charge is 2.26. The van der Waals surface area contributed by atoms with Crippen molar-refractivity contribution in [2.24, 2.45) is 0 Å². The second-order valence-corrected chi connectivity index (χ2v) is 5.23. The summed E-state index contributed by atoms with van der Waals surface area (Å²) in [6.07, 6.45) is 2.15. The largest absolute Gasteiger partial charge is 0.496 e.